The Morgan fingerprint density at radius 1 is 1.00 bits per heavy atom. The third-order valence-electron chi connectivity index (χ3n) is 3.87. The molecule has 2 N–H and O–H groups in total. The summed E-state index contributed by atoms with van der Waals surface area (Å²) < 4.78 is 13.9. The fraction of sp³-hybridized carbons (Fsp3) is 0.250. The van der Waals surface area contributed by atoms with Crippen molar-refractivity contribution in [2.24, 2.45) is 5.73 Å². The molecule has 1 saturated carbocycles. The van der Waals surface area contributed by atoms with Crippen LogP contribution in [0.4, 0.5) is 4.39 Å². The zero-order valence-electron chi connectivity index (χ0n) is 10.2. The number of hydrogen-bond acceptors (Lipinski definition) is 1. The van der Waals surface area contributed by atoms with Crippen LogP contribution in [0.2, 0.25) is 0 Å². The number of hydrogen-bond donors (Lipinski definition) is 1. The highest BCUT2D eigenvalue weighted by molar-refractivity contribution is 5.65. The van der Waals surface area contributed by atoms with E-state index in [1.165, 1.54) is 6.07 Å². The average Bonchev–Trinajstić information content (AvgIpc) is 2.37. The minimum Gasteiger partial charge on any atom is -0.321 e. The van der Waals surface area contributed by atoms with Gasteiger partial charge in [0.15, 0.2) is 0 Å². The van der Waals surface area contributed by atoms with E-state index < -0.39 is 0 Å². The summed E-state index contributed by atoms with van der Waals surface area (Å²) >= 11 is 0. The van der Waals surface area contributed by atoms with Gasteiger partial charge >= 0.3 is 0 Å². The van der Waals surface area contributed by atoms with Crippen molar-refractivity contribution in [1.29, 1.82) is 0 Å². The van der Waals surface area contributed by atoms with Crippen LogP contribution in [-0.2, 0) is 5.54 Å². The van der Waals surface area contributed by atoms with Crippen LogP contribution in [0, 0.1) is 5.82 Å². The third kappa shape index (κ3) is 1.83. The molecule has 18 heavy (non-hydrogen) atoms. The van der Waals surface area contributed by atoms with Gasteiger partial charge in [0.05, 0.1) is 0 Å². The monoisotopic (exact) mass is 241 g/mol. The van der Waals surface area contributed by atoms with Gasteiger partial charge in [-0.1, -0.05) is 36.4 Å². The molecule has 0 atom stereocenters. The van der Waals surface area contributed by atoms with Crippen molar-refractivity contribution in [3.8, 4) is 11.1 Å². The first-order valence-corrected chi connectivity index (χ1v) is 6.33. The molecule has 0 unspecified atom stereocenters. The van der Waals surface area contributed by atoms with Gasteiger partial charge in [-0.3, -0.25) is 0 Å². The standard InChI is InChI=1S/C16H16FN/c17-15-8-7-13(16(18)9-4-10-16)11-14(15)12-5-2-1-3-6-12/h1-3,5-8,11H,4,9-10,18H2. The molecular weight excluding hydrogens is 225 g/mol. The average molecular weight is 241 g/mol. The Hall–Kier alpha value is -1.67. The first-order valence-electron chi connectivity index (χ1n) is 6.33. The SMILES string of the molecule is NC1(c2ccc(F)c(-c3ccccc3)c2)CCC1. The molecule has 0 radical (unpaired) electrons. The van der Waals surface area contributed by atoms with E-state index in [2.05, 4.69) is 0 Å². The van der Waals surface area contributed by atoms with E-state index in [1.54, 1.807) is 0 Å². The van der Waals surface area contributed by atoms with Crippen LogP contribution in [0.1, 0.15) is 24.8 Å². The summed E-state index contributed by atoms with van der Waals surface area (Å²) in [6, 6.07) is 14.9. The largest absolute Gasteiger partial charge is 0.321 e. The molecule has 1 aliphatic carbocycles. The van der Waals surface area contributed by atoms with Gasteiger partial charge in [-0.05, 0) is 42.5 Å². The van der Waals surface area contributed by atoms with Crippen LogP contribution < -0.4 is 5.73 Å². The molecule has 0 bridgehead atoms. The van der Waals surface area contributed by atoms with Gasteiger partial charge in [0.2, 0.25) is 0 Å². The maximum absolute atomic E-state index is 13.9. The Morgan fingerprint density at radius 3 is 2.33 bits per heavy atom. The van der Waals surface area contributed by atoms with Gasteiger partial charge < -0.3 is 5.73 Å². The van der Waals surface area contributed by atoms with Gasteiger partial charge in [-0.15, -0.1) is 0 Å². The Labute approximate surface area is 106 Å². The van der Waals surface area contributed by atoms with E-state index in [0.29, 0.717) is 5.56 Å². The predicted octanol–water partition coefficient (Wildman–Crippen LogP) is 3.83. The summed E-state index contributed by atoms with van der Waals surface area (Å²) in [6.45, 7) is 0. The van der Waals surface area contributed by atoms with Crippen molar-refractivity contribution < 1.29 is 4.39 Å². The molecule has 1 nitrogen and oxygen atoms in total. The molecule has 2 heteroatoms. The number of benzene rings is 2. The Balaban J connectivity index is 2.07. The second-order valence-electron chi connectivity index (χ2n) is 5.07. The molecule has 3 rings (SSSR count). The summed E-state index contributed by atoms with van der Waals surface area (Å²) in [7, 11) is 0. The third-order valence-corrected chi connectivity index (χ3v) is 3.87. The number of nitrogens with two attached hydrogens (primary N) is 1. The zero-order chi connectivity index (χ0) is 12.6. The van der Waals surface area contributed by atoms with Crippen molar-refractivity contribution in [1.82, 2.24) is 0 Å². The predicted molar refractivity (Wildman–Crippen MR) is 71.6 cm³/mol. The quantitative estimate of drug-likeness (QED) is 0.849. The molecule has 0 amide bonds. The van der Waals surface area contributed by atoms with Gasteiger partial charge in [0, 0.05) is 11.1 Å². The number of halogens is 1. The summed E-state index contributed by atoms with van der Waals surface area (Å²) in [6.07, 6.45) is 3.15. The molecule has 2 aromatic rings. The molecule has 2 aromatic carbocycles. The molecular formula is C16H16FN. The van der Waals surface area contributed by atoms with Gasteiger partial charge in [0.25, 0.3) is 0 Å². The lowest BCUT2D eigenvalue weighted by Gasteiger charge is -2.38. The minimum absolute atomic E-state index is 0.187. The van der Waals surface area contributed by atoms with E-state index in [9.17, 15) is 4.39 Å². The second kappa shape index (κ2) is 4.21. The molecule has 92 valence electrons. The minimum atomic E-state index is -0.239. The van der Waals surface area contributed by atoms with Crippen molar-refractivity contribution in [3.05, 3.63) is 59.9 Å². The normalized spacial score (nSPS) is 17.2. The summed E-state index contributed by atoms with van der Waals surface area (Å²) in [5.41, 5.74) is 8.66. The first-order chi connectivity index (χ1) is 8.69. The van der Waals surface area contributed by atoms with Gasteiger partial charge in [-0.25, -0.2) is 4.39 Å². The smallest absolute Gasteiger partial charge is 0.131 e. The van der Waals surface area contributed by atoms with Crippen LogP contribution in [-0.4, -0.2) is 0 Å². The molecule has 0 aliphatic heterocycles. The number of rotatable bonds is 2. The van der Waals surface area contributed by atoms with E-state index in [1.807, 2.05) is 42.5 Å². The summed E-state index contributed by atoms with van der Waals surface area (Å²) in [5.74, 6) is -0.187. The topological polar surface area (TPSA) is 26.0 Å². The van der Waals surface area contributed by atoms with Crippen LogP contribution in [0.3, 0.4) is 0 Å². The highest BCUT2D eigenvalue weighted by Crippen LogP contribution is 2.40. The van der Waals surface area contributed by atoms with Gasteiger partial charge in [0.1, 0.15) is 5.82 Å². The lowest BCUT2D eigenvalue weighted by atomic mass is 9.72. The van der Waals surface area contributed by atoms with E-state index in [4.69, 9.17) is 5.73 Å². The summed E-state index contributed by atoms with van der Waals surface area (Å²) in [4.78, 5) is 0. The lowest BCUT2D eigenvalue weighted by molar-refractivity contribution is 0.253. The van der Waals surface area contributed by atoms with Crippen molar-refractivity contribution >= 4 is 0 Å². The van der Waals surface area contributed by atoms with Crippen LogP contribution in [0.15, 0.2) is 48.5 Å². The molecule has 1 aliphatic rings. The highest BCUT2D eigenvalue weighted by atomic mass is 19.1. The molecule has 0 spiro atoms. The van der Waals surface area contributed by atoms with Crippen molar-refractivity contribution in [3.63, 3.8) is 0 Å². The Bertz CT molecular complexity index is 559. The fourth-order valence-corrected chi connectivity index (χ4v) is 2.52. The lowest BCUT2D eigenvalue weighted by Crippen LogP contribution is -2.43. The maximum Gasteiger partial charge on any atom is 0.131 e. The first kappa shape index (κ1) is 11.4. The maximum atomic E-state index is 13.9. The van der Waals surface area contributed by atoms with E-state index in [0.717, 1.165) is 30.4 Å². The molecule has 0 heterocycles. The van der Waals surface area contributed by atoms with Crippen molar-refractivity contribution in [2.75, 3.05) is 0 Å². The zero-order valence-corrected chi connectivity index (χ0v) is 10.2. The molecule has 0 saturated heterocycles. The Kier molecular flexibility index (Phi) is 2.67. The molecule has 0 aromatic heterocycles. The second-order valence-corrected chi connectivity index (χ2v) is 5.07. The highest BCUT2D eigenvalue weighted by Gasteiger charge is 2.34. The van der Waals surface area contributed by atoms with Crippen LogP contribution >= 0.6 is 0 Å². The van der Waals surface area contributed by atoms with Crippen LogP contribution in [0.5, 0.6) is 0 Å². The van der Waals surface area contributed by atoms with E-state index >= 15 is 0 Å². The van der Waals surface area contributed by atoms with E-state index in [-0.39, 0.29) is 11.4 Å². The van der Waals surface area contributed by atoms with Crippen LogP contribution in [0.25, 0.3) is 11.1 Å². The van der Waals surface area contributed by atoms with Gasteiger partial charge in [-0.2, -0.15) is 0 Å². The molecule has 1 fully saturated rings. The fourth-order valence-electron chi connectivity index (χ4n) is 2.52. The summed E-state index contributed by atoms with van der Waals surface area (Å²) in [5, 5.41) is 0. The Morgan fingerprint density at radius 2 is 1.72 bits per heavy atom. The van der Waals surface area contributed by atoms with Crippen molar-refractivity contribution in [2.45, 2.75) is 24.8 Å².